The second kappa shape index (κ2) is 56.0. The van der Waals surface area contributed by atoms with Crippen LogP contribution in [0.3, 0.4) is 0 Å². The predicted molar refractivity (Wildman–Crippen MR) is 289 cm³/mol. The smallest absolute Gasteiger partial charge is 0.306 e. The Labute approximate surface area is 416 Å². The zero-order chi connectivity index (χ0) is 48.6. The Hall–Kier alpha value is -2.63. The first-order valence-electron chi connectivity index (χ1n) is 29.1. The summed E-state index contributed by atoms with van der Waals surface area (Å²) in [6.45, 7) is 6.51. The van der Waals surface area contributed by atoms with Crippen LogP contribution in [-0.2, 0) is 28.6 Å². The van der Waals surface area contributed by atoms with Crippen LogP contribution in [0.1, 0.15) is 303 Å². The van der Waals surface area contributed by atoms with Crippen molar-refractivity contribution >= 4 is 17.9 Å². The molecule has 1 unspecified atom stereocenters. The molecule has 67 heavy (non-hydrogen) atoms. The largest absolute Gasteiger partial charge is 0.462 e. The van der Waals surface area contributed by atoms with E-state index in [1.54, 1.807) is 0 Å². The lowest BCUT2D eigenvalue weighted by Gasteiger charge is -2.18. The molecule has 0 spiro atoms. The van der Waals surface area contributed by atoms with Gasteiger partial charge in [-0.05, 0) is 89.9 Å². The molecular weight excluding hydrogens is 829 g/mol. The molecule has 0 aliphatic heterocycles. The first-order valence-corrected chi connectivity index (χ1v) is 29.1. The van der Waals surface area contributed by atoms with Crippen molar-refractivity contribution in [3.63, 3.8) is 0 Å². The summed E-state index contributed by atoms with van der Waals surface area (Å²) in [5.74, 6) is -0.890. The van der Waals surface area contributed by atoms with Crippen molar-refractivity contribution in [2.45, 2.75) is 309 Å². The van der Waals surface area contributed by atoms with Crippen molar-refractivity contribution < 1.29 is 28.6 Å². The highest BCUT2D eigenvalue weighted by atomic mass is 16.6. The predicted octanol–water partition coefficient (Wildman–Crippen LogP) is 19.4. The summed E-state index contributed by atoms with van der Waals surface area (Å²) in [5.41, 5.74) is 0. The third kappa shape index (κ3) is 54.2. The lowest BCUT2D eigenvalue weighted by molar-refractivity contribution is -0.167. The molecule has 0 aliphatic rings. The molecule has 0 aliphatic carbocycles. The zero-order valence-corrected chi connectivity index (χ0v) is 44.7. The van der Waals surface area contributed by atoms with Crippen molar-refractivity contribution in [1.29, 1.82) is 0 Å². The van der Waals surface area contributed by atoms with Gasteiger partial charge in [-0.25, -0.2) is 0 Å². The third-order valence-corrected chi connectivity index (χ3v) is 12.7. The maximum Gasteiger partial charge on any atom is 0.306 e. The minimum Gasteiger partial charge on any atom is -0.462 e. The lowest BCUT2D eigenvalue weighted by Crippen LogP contribution is -2.30. The average Bonchev–Trinajstić information content (AvgIpc) is 3.33. The molecule has 0 radical (unpaired) electrons. The molecule has 6 nitrogen and oxygen atoms in total. The standard InChI is InChI=1S/C61H110O6/c1-4-7-10-13-16-19-22-23-24-25-26-27-28-29-30-31-32-33-34-35-36-37-38-39-40-43-45-48-51-54-60(63)66-57-58(67-61(64)55-52-49-46-42-21-18-15-12-9-6-3)56-65-59(62)53-50-47-44-41-20-17-14-11-8-5-2/h11-12,14-15,22-23,25-26,58H,4-10,13,16-21,24,27-57H2,1-3H3/b14-11-,15-12-,23-22-,26-25-. The van der Waals surface area contributed by atoms with Crippen molar-refractivity contribution in [3.05, 3.63) is 48.6 Å². The number of carbonyl (C=O) groups is 3. The van der Waals surface area contributed by atoms with Crippen LogP contribution in [0, 0.1) is 0 Å². The molecule has 0 N–H and O–H groups in total. The van der Waals surface area contributed by atoms with E-state index in [-0.39, 0.29) is 31.1 Å². The summed E-state index contributed by atoms with van der Waals surface area (Å²) >= 11 is 0. The van der Waals surface area contributed by atoms with Gasteiger partial charge in [-0.3, -0.25) is 14.4 Å². The fourth-order valence-corrected chi connectivity index (χ4v) is 8.36. The van der Waals surface area contributed by atoms with Crippen LogP contribution in [0.5, 0.6) is 0 Å². The number of rotatable bonds is 53. The normalized spacial score (nSPS) is 12.3. The van der Waals surface area contributed by atoms with Crippen LogP contribution in [0.4, 0.5) is 0 Å². The Balaban J connectivity index is 4.04. The van der Waals surface area contributed by atoms with Gasteiger partial charge in [0.1, 0.15) is 13.2 Å². The van der Waals surface area contributed by atoms with Gasteiger partial charge in [-0.1, -0.05) is 243 Å². The number of allylic oxidation sites excluding steroid dienone is 8. The SMILES string of the molecule is CCC/C=C\CCCCCCCC(=O)OCC(COC(=O)CCCCCCCCCCCCCCCCCCC/C=C\C/C=C\CCCCCCC)OC(=O)CCCCCCC/C=C\CCC. The molecule has 0 heterocycles. The molecule has 0 aromatic rings. The third-order valence-electron chi connectivity index (χ3n) is 12.7. The molecule has 0 rings (SSSR count). The first-order chi connectivity index (χ1) is 33.0. The summed E-state index contributed by atoms with van der Waals surface area (Å²) in [7, 11) is 0. The first kappa shape index (κ1) is 64.4. The van der Waals surface area contributed by atoms with E-state index < -0.39 is 6.10 Å². The van der Waals surface area contributed by atoms with Gasteiger partial charge in [0, 0.05) is 19.3 Å². The highest BCUT2D eigenvalue weighted by molar-refractivity contribution is 5.71. The number of hydrogen-bond donors (Lipinski definition) is 0. The number of unbranched alkanes of at least 4 members (excludes halogenated alkanes) is 34. The zero-order valence-electron chi connectivity index (χ0n) is 44.7. The van der Waals surface area contributed by atoms with E-state index in [1.807, 2.05) is 0 Å². The Morgan fingerprint density at radius 1 is 0.299 bits per heavy atom. The maximum absolute atomic E-state index is 12.7. The second-order valence-electron chi connectivity index (χ2n) is 19.5. The Morgan fingerprint density at radius 2 is 0.567 bits per heavy atom. The Bertz CT molecular complexity index is 1170. The molecule has 0 aromatic heterocycles. The summed E-state index contributed by atoms with van der Waals surface area (Å²) in [6, 6.07) is 0. The topological polar surface area (TPSA) is 78.9 Å². The van der Waals surface area contributed by atoms with Crippen LogP contribution in [-0.4, -0.2) is 37.2 Å². The second-order valence-corrected chi connectivity index (χ2v) is 19.5. The van der Waals surface area contributed by atoms with Gasteiger partial charge in [-0.2, -0.15) is 0 Å². The summed E-state index contributed by atoms with van der Waals surface area (Å²) < 4.78 is 16.8. The van der Waals surface area contributed by atoms with Gasteiger partial charge in [0.05, 0.1) is 0 Å². The highest BCUT2D eigenvalue weighted by Crippen LogP contribution is 2.16. The highest BCUT2D eigenvalue weighted by Gasteiger charge is 2.19. The van der Waals surface area contributed by atoms with Crippen molar-refractivity contribution in [2.24, 2.45) is 0 Å². The maximum atomic E-state index is 12.7. The van der Waals surface area contributed by atoms with E-state index in [0.29, 0.717) is 19.3 Å². The molecule has 0 bridgehead atoms. The molecule has 0 aromatic carbocycles. The number of esters is 3. The molecule has 0 saturated carbocycles. The minimum atomic E-state index is -0.776. The fraction of sp³-hybridized carbons (Fsp3) is 0.820. The van der Waals surface area contributed by atoms with Gasteiger partial charge in [0.25, 0.3) is 0 Å². The van der Waals surface area contributed by atoms with Crippen LogP contribution < -0.4 is 0 Å². The van der Waals surface area contributed by atoms with Gasteiger partial charge in [0.15, 0.2) is 6.10 Å². The number of ether oxygens (including phenoxy) is 3. The molecule has 0 fully saturated rings. The lowest BCUT2D eigenvalue weighted by atomic mass is 10.0. The fourth-order valence-electron chi connectivity index (χ4n) is 8.36. The number of carbonyl (C=O) groups excluding carboxylic acids is 3. The van der Waals surface area contributed by atoms with Crippen LogP contribution in [0.15, 0.2) is 48.6 Å². The number of hydrogen-bond acceptors (Lipinski definition) is 6. The molecule has 6 heteroatoms. The van der Waals surface area contributed by atoms with E-state index in [2.05, 4.69) is 69.4 Å². The molecular formula is C61H110O6. The van der Waals surface area contributed by atoms with Crippen molar-refractivity contribution in [3.8, 4) is 0 Å². The van der Waals surface area contributed by atoms with E-state index in [9.17, 15) is 14.4 Å². The van der Waals surface area contributed by atoms with E-state index in [1.165, 1.54) is 167 Å². The molecule has 0 amide bonds. The quantitative estimate of drug-likeness (QED) is 0.0262. The van der Waals surface area contributed by atoms with Crippen LogP contribution in [0.25, 0.3) is 0 Å². The summed E-state index contributed by atoms with van der Waals surface area (Å²) in [5, 5.41) is 0. The van der Waals surface area contributed by atoms with Gasteiger partial charge in [0.2, 0.25) is 0 Å². The minimum absolute atomic E-state index is 0.0770. The van der Waals surface area contributed by atoms with Crippen molar-refractivity contribution in [1.82, 2.24) is 0 Å². The molecule has 0 saturated heterocycles. The van der Waals surface area contributed by atoms with E-state index in [4.69, 9.17) is 14.2 Å². The van der Waals surface area contributed by atoms with Gasteiger partial charge >= 0.3 is 17.9 Å². The van der Waals surface area contributed by atoms with E-state index >= 15 is 0 Å². The average molecular weight is 940 g/mol. The Morgan fingerprint density at radius 3 is 0.896 bits per heavy atom. The van der Waals surface area contributed by atoms with Crippen molar-refractivity contribution in [2.75, 3.05) is 13.2 Å². The monoisotopic (exact) mass is 939 g/mol. The van der Waals surface area contributed by atoms with Crippen LogP contribution >= 0.6 is 0 Å². The summed E-state index contributed by atoms with van der Waals surface area (Å²) in [4.78, 5) is 37.9. The van der Waals surface area contributed by atoms with Gasteiger partial charge < -0.3 is 14.2 Å². The summed E-state index contributed by atoms with van der Waals surface area (Å²) in [6.07, 6.45) is 68.5. The molecule has 1 atom stereocenters. The van der Waals surface area contributed by atoms with E-state index in [0.717, 1.165) is 96.3 Å². The molecule has 390 valence electrons. The Kier molecular flexibility index (Phi) is 53.8. The van der Waals surface area contributed by atoms with Crippen LogP contribution in [0.2, 0.25) is 0 Å². The van der Waals surface area contributed by atoms with Gasteiger partial charge in [-0.15, -0.1) is 0 Å².